The first-order valence-corrected chi connectivity index (χ1v) is 11.0. The van der Waals surface area contributed by atoms with E-state index in [-0.39, 0.29) is 28.2 Å². The van der Waals surface area contributed by atoms with Crippen LogP contribution in [0, 0.1) is 0 Å². The number of halogens is 1. The van der Waals surface area contributed by atoms with Crippen molar-refractivity contribution in [3.05, 3.63) is 59.1 Å². The van der Waals surface area contributed by atoms with E-state index in [9.17, 15) is 13.2 Å². The van der Waals surface area contributed by atoms with Crippen LogP contribution in [0.3, 0.4) is 0 Å². The zero-order chi connectivity index (χ0) is 20.0. The van der Waals surface area contributed by atoms with Crippen LogP contribution in [0.15, 0.2) is 53.4 Å². The third-order valence-electron chi connectivity index (χ3n) is 4.54. The molecule has 0 unspecified atom stereocenters. The van der Waals surface area contributed by atoms with E-state index >= 15 is 0 Å². The van der Waals surface area contributed by atoms with Crippen LogP contribution in [0.4, 0.5) is 0 Å². The molecule has 0 aliphatic carbocycles. The maximum absolute atomic E-state index is 12.6. The van der Waals surface area contributed by atoms with Gasteiger partial charge in [-0.25, -0.2) is 8.42 Å². The third kappa shape index (κ3) is 5.25. The van der Waals surface area contributed by atoms with E-state index in [1.54, 1.807) is 0 Å². The molecule has 0 radical (unpaired) electrons. The van der Waals surface area contributed by atoms with E-state index in [0.717, 1.165) is 24.8 Å². The smallest absolute Gasteiger partial charge is 0.257 e. The molecule has 0 atom stereocenters. The predicted molar refractivity (Wildman–Crippen MR) is 108 cm³/mol. The molecule has 1 heterocycles. The molecular weight excluding hydrogens is 400 g/mol. The number of ether oxygens (including phenoxy) is 1. The minimum atomic E-state index is -3.53. The van der Waals surface area contributed by atoms with Crippen molar-refractivity contribution in [2.45, 2.75) is 24.2 Å². The number of nitrogens with zero attached hydrogens (tertiary/aromatic N) is 1. The topological polar surface area (TPSA) is 75.7 Å². The average molecular weight is 423 g/mol. The van der Waals surface area contributed by atoms with Gasteiger partial charge in [0.2, 0.25) is 10.0 Å². The van der Waals surface area contributed by atoms with Gasteiger partial charge in [0.25, 0.3) is 5.91 Å². The number of carbonyl (C=O) groups is 1. The first-order chi connectivity index (χ1) is 13.5. The Bertz CT molecular complexity index is 913. The van der Waals surface area contributed by atoms with E-state index in [4.69, 9.17) is 16.3 Å². The molecule has 1 amide bonds. The van der Waals surface area contributed by atoms with E-state index in [1.165, 1.54) is 22.5 Å². The van der Waals surface area contributed by atoms with Crippen molar-refractivity contribution in [2.75, 3.05) is 26.2 Å². The van der Waals surface area contributed by atoms with Gasteiger partial charge in [0.15, 0.2) is 6.61 Å². The Kier molecular flexibility index (Phi) is 6.93. The van der Waals surface area contributed by atoms with E-state index in [1.807, 2.05) is 30.3 Å². The lowest BCUT2D eigenvalue weighted by molar-refractivity contribution is -0.123. The zero-order valence-electron chi connectivity index (χ0n) is 15.4. The fourth-order valence-electron chi connectivity index (χ4n) is 3.02. The largest absolute Gasteiger partial charge is 0.482 e. The average Bonchev–Trinajstić information content (AvgIpc) is 3.23. The fraction of sp³-hybridized carbons (Fsp3) is 0.350. The third-order valence-corrected chi connectivity index (χ3v) is 6.73. The second kappa shape index (κ2) is 9.41. The van der Waals surface area contributed by atoms with Gasteiger partial charge in [0, 0.05) is 19.6 Å². The summed E-state index contributed by atoms with van der Waals surface area (Å²) in [6.45, 7) is 1.38. The van der Waals surface area contributed by atoms with Crippen molar-refractivity contribution >= 4 is 27.5 Å². The highest BCUT2D eigenvalue weighted by Crippen LogP contribution is 2.29. The standard InChI is InChI=1S/C20H23ClN2O4S/c21-18-14-17(28(25,26)23-12-4-5-13-23)8-9-19(18)27-15-20(24)22-11-10-16-6-2-1-3-7-16/h1-3,6-9,14H,4-5,10-13,15H2,(H,22,24). The second-order valence-corrected chi connectivity index (χ2v) is 8.92. The van der Waals surface area contributed by atoms with E-state index < -0.39 is 10.0 Å². The quantitative estimate of drug-likeness (QED) is 0.709. The van der Waals surface area contributed by atoms with Gasteiger partial charge in [0.05, 0.1) is 9.92 Å². The molecule has 0 bridgehead atoms. The molecule has 0 saturated carbocycles. The minimum absolute atomic E-state index is 0.138. The molecule has 3 rings (SSSR count). The SMILES string of the molecule is O=C(COc1ccc(S(=O)(=O)N2CCCC2)cc1Cl)NCCc1ccccc1. The van der Waals surface area contributed by atoms with Gasteiger partial charge in [-0.1, -0.05) is 41.9 Å². The maximum Gasteiger partial charge on any atom is 0.257 e. The molecule has 150 valence electrons. The van der Waals surface area contributed by atoms with Gasteiger partial charge < -0.3 is 10.1 Å². The molecule has 0 aromatic heterocycles. The molecular formula is C20H23ClN2O4S. The molecule has 8 heteroatoms. The summed E-state index contributed by atoms with van der Waals surface area (Å²) in [5.41, 5.74) is 1.14. The highest BCUT2D eigenvalue weighted by molar-refractivity contribution is 7.89. The molecule has 2 aromatic rings. The van der Waals surface area contributed by atoms with E-state index in [2.05, 4.69) is 5.32 Å². The summed E-state index contributed by atoms with van der Waals surface area (Å²) in [7, 11) is -3.53. The summed E-state index contributed by atoms with van der Waals surface area (Å²) in [5, 5.41) is 2.95. The summed E-state index contributed by atoms with van der Waals surface area (Å²) in [6, 6.07) is 14.2. The van der Waals surface area contributed by atoms with Crippen molar-refractivity contribution < 1.29 is 17.9 Å². The monoisotopic (exact) mass is 422 g/mol. The van der Waals surface area contributed by atoms with Crippen LogP contribution in [0.25, 0.3) is 0 Å². The van der Waals surface area contributed by atoms with Crippen molar-refractivity contribution in [3.63, 3.8) is 0 Å². The number of carbonyl (C=O) groups excluding carboxylic acids is 1. The van der Waals surface area contributed by atoms with Crippen molar-refractivity contribution in [2.24, 2.45) is 0 Å². The first-order valence-electron chi connectivity index (χ1n) is 9.20. The second-order valence-electron chi connectivity index (χ2n) is 6.58. The van der Waals surface area contributed by atoms with Crippen molar-refractivity contribution in [1.29, 1.82) is 0 Å². The Morgan fingerprint density at radius 1 is 1.11 bits per heavy atom. The van der Waals surface area contributed by atoms with Crippen molar-refractivity contribution in [3.8, 4) is 5.75 Å². The van der Waals surface area contributed by atoms with Crippen molar-refractivity contribution in [1.82, 2.24) is 9.62 Å². The van der Waals surface area contributed by atoms with Gasteiger partial charge in [-0.15, -0.1) is 0 Å². The summed E-state index contributed by atoms with van der Waals surface area (Å²) in [6.07, 6.45) is 2.47. The lowest BCUT2D eigenvalue weighted by Crippen LogP contribution is -2.30. The molecule has 1 saturated heterocycles. The normalized spacial score (nSPS) is 14.8. The Morgan fingerprint density at radius 3 is 2.50 bits per heavy atom. The summed E-state index contributed by atoms with van der Waals surface area (Å²) >= 11 is 6.17. The lowest BCUT2D eigenvalue weighted by Gasteiger charge is -2.16. The van der Waals surface area contributed by atoms with Crippen LogP contribution in [-0.4, -0.2) is 44.9 Å². The molecule has 1 aliphatic heterocycles. The highest BCUT2D eigenvalue weighted by atomic mass is 35.5. The number of rotatable bonds is 8. The minimum Gasteiger partial charge on any atom is -0.482 e. The van der Waals surface area contributed by atoms with Crippen LogP contribution in [0.2, 0.25) is 5.02 Å². The molecule has 28 heavy (non-hydrogen) atoms. The first kappa shape index (κ1) is 20.6. The summed E-state index contributed by atoms with van der Waals surface area (Å²) in [5.74, 6) is 0.0148. The molecule has 0 spiro atoms. The summed E-state index contributed by atoms with van der Waals surface area (Å²) < 4.78 is 32.0. The van der Waals surface area contributed by atoms with Gasteiger partial charge in [0.1, 0.15) is 5.75 Å². The number of hydrogen-bond acceptors (Lipinski definition) is 4. The number of benzene rings is 2. The van der Waals surface area contributed by atoms with Crippen LogP contribution in [0.5, 0.6) is 5.75 Å². The number of amides is 1. The molecule has 1 fully saturated rings. The summed E-state index contributed by atoms with van der Waals surface area (Å²) in [4.78, 5) is 12.1. The maximum atomic E-state index is 12.6. The Balaban J connectivity index is 1.51. The molecule has 6 nitrogen and oxygen atoms in total. The van der Waals surface area contributed by atoms with Crippen LogP contribution < -0.4 is 10.1 Å². The van der Waals surface area contributed by atoms with Crippen LogP contribution >= 0.6 is 11.6 Å². The number of sulfonamides is 1. The molecule has 1 N–H and O–H groups in total. The Morgan fingerprint density at radius 2 is 1.82 bits per heavy atom. The van der Waals surface area contributed by atoms with Gasteiger partial charge in [-0.3, -0.25) is 4.79 Å². The number of hydrogen-bond donors (Lipinski definition) is 1. The number of nitrogens with one attached hydrogen (secondary N) is 1. The van der Waals surface area contributed by atoms with Crippen LogP contribution in [-0.2, 0) is 21.2 Å². The van der Waals surface area contributed by atoms with Gasteiger partial charge in [-0.05, 0) is 43.0 Å². The fourth-order valence-corrected chi connectivity index (χ4v) is 4.87. The molecule has 1 aliphatic rings. The van der Waals surface area contributed by atoms with E-state index in [0.29, 0.717) is 19.6 Å². The lowest BCUT2D eigenvalue weighted by atomic mass is 10.1. The Labute approximate surface area is 170 Å². The van der Waals surface area contributed by atoms with Gasteiger partial charge >= 0.3 is 0 Å². The van der Waals surface area contributed by atoms with Crippen LogP contribution in [0.1, 0.15) is 18.4 Å². The molecule has 2 aromatic carbocycles. The van der Waals surface area contributed by atoms with Gasteiger partial charge in [-0.2, -0.15) is 4.31 Å². The Hall–Kier alpha value is -2.09. The zero-order valence-corrected chi connectivity index (χ0v) is 17.0. The predicted octanol–water partition coefficient (Wildman–Crippen LogP) is 2.86. The highest BCUT2D eigenvalue weighted by Gasteiger charge is 2.27.